The van der Waals surface area contributed by atoms with E-state index in [-0.39, 0.29) is 6.54 Å². The minimum atomic E-state index is -1.60. The lowest BCUT2D eigenvalue weighted by atomic mass is 10.0. The van der Waals surface area contributed by atoms with Crippen molar-refractivity contribution < 1.29 is 94.8 Å². The molecule has 0 aliphatic heterocycles. The van der Waals surface area contributed by atoms with Crippen molar-refractivity contribution in [3.63, 3.8) is 0 Å². The van der Waals surface area contributed by atoms with E-state index in [1.807, 2.05) is 0 Å². The van der Waals surface area contributed by atoms with Crippen LogP contribution in [0.5, 0.6) is 0 Å². The Bertz CT molecular complexity index is 542. The number of nitrogens with two attached hydrogens (primary N) is 1. The molecule has 248 valence electrons. The quantitative estimate of drug-likeness (QED) is 0.102. The van der Waals surface area contributed by atoms with Gasteiger partial charge < -0.3 is 61.3 Å². The lowest BCUT2D eigenvalue weighted by Crippen LogP contribution is -2.49. The van der Waals surface area contributed by atoms with Gasteiger partial charge in [-0.1, -0.05) is 0 Å². The summed E-state index contributed by atoms with van der Waals surface area (Å²) in [6.07, 6.45) is -5.95. The minimum Gasteiger partial charge on any atom is -0.481 e. The van der Waals surface area contributed by atoms with Crippen molar-refractivity contribution in [1.29, 1.82) is 0 Å². The molecule has 0 fully saturated rings. The summed E-state index contributed by atoms with van der Waals surface area (Å²) in [6, 6.07) is 0. The Hall–Kier alpha value is -3.99. The topological polar surface area (TPSA) is 400 Å². The zero-order valence-electron chi connectivity index (χ0n) is 23.5. The molecule has 0 saturated carbocycles. The summed E-state index contributed by atoms with van der Waals surface area (Å²) in [6.45, 7) is 6.76. The van der Waals surface area contributed by atoms with E-state index in [1.54, 1.807) is 0 Å². The van der Waals surface area contributed by atoms with Crippen LogP contribution in [0.25, 0.3) is 0 Å². The zero-order valence-corrected chi connectivity index (χ0v) is 23.5. The zero-order chi connectivity index (χ0) is 35.5. The molecule has 0 radical (unpaired) electrons. The van der Waals surface area contributed by atoms with Gasteiger partial charge >= 0.3 is 0 Å². The third-order valence-corrected chi connectivity index (χ3v) is 1.65. The average molecular weight is 617 g/mol. The van der Waals surface area contributed by atoms with E-state index in [0.29, 0.717) is 0 Å². The number of carbonyl (C=O) groups is 7. The number of hydrogen-bond donors (Lipinski definition) is 14. The van der Waals surface area contributed by atoms with Gasteiger partial charge in [0.25, 0.3) is 41.8 Å². The molecule has 4 atom stereocenters. The fourth-order valence-corrected chi connectivity index (χ4v) is 0.805. The number of aliphatic hydroxyl groups is 5. The summed E-state index contributed by atoms with van der Waals surface area (Å²) in [4.78, 5) is 63.0. The normalized spacial score (nSPS) is 10.9. The molecule has 0 unspecified atom stereocenters. The second kappa shape index (κ2) is 43.1. The molecule has 0 bridgehead atoms. The van der Waals surface area contributed by atoms with Gasteiger partial charge in [0.05, 0.1) is 12.7 Å². The van der Waals surface area contributed by atoms with Crippen LogP contribution in [-0.4, -0.2) is 141 Å². The monoisotopic (exact) mass is 616 g/mol. The Morgan fingerprint density at radius 3 is 0.756 bits per heavy atom. The Labute approximate surface area is 234 Å². The summed E-state index contributed by atoms with van der Waals surface area (Å²) in [5.41, 5.74) is 2.09. The van der Waals surface area contributed by atoms with Gasteiger partial charge in [-0.3, -0.25) is 44.8 Å². The van der Waals surface area contributed by atoms with Crippen LogP contribution in [0.1, 0.15) is 48.5 Å². The predicted molar refractivity (Wildman–Crippen MR) is 136 cm³/mol. The van der Waals surface area contributed by atoms with Crippen LogP contribution < -0.4 is 11.3 Å². The lowest BCUT2D eigenvalue weighted by Gasteiger charge is -2.25. The number of nitrogens with one attached hydrogen (secondary N) is 1. The highest BCUT2D eigenvalue weighted by Crippen LogP contribution is 2.03. The molecule has 0 amide bonds. The number of aliphatic hydroxyl groups excluding tert-OH is 5. The van der Waals surface area contributed by atoms with E-state index in [1.165, 1.54) is 0 Å². The lowest BCUT2D eigenvalue weighted by molar-refractivity contribution is -0.135. The molecule has 0 aliphatic carbocycles. The maximum Gasteiger partial charge on any atom is 0.300 e. The summed E-state index contributed by atoms with van der Waals surface area (Å²) >= 11 is 0. The fraction of sp³-hybridized carbons (Fsp3) is 0.650. The van der Waals surface area contributed by atoms with E-state index >= 15 is 0 Å². The summed E-state index contributed by atoms with van der Waals surface area (Å²) in [5, 5.41) is 96.6. The second-order valence-corrected chi connectivity index (χ2v) is 6.34. The fourth-order valence-electron chi connectivity index (χ4n) is 0.805. The molecule has 0 spiro atoms. The first-order valence-corrected chi connectivity index (χ1v) is 10.3. The van der Waals surface area contributed by atoms with Gasteiger partial charge in [0.15, 0.2) is 0 Å². The SMILES string of the molecule is CC(=O)O.CC(=O)O.CC(=O)O.CC(=O)O.CC(=O)O.CC(=O)O.CC(=O)O.NNC[C@@H](O)[C@H](O)[C@@H](O)[C@H](O)CO. The van der Waals surface area contributed by atoms with Gasteiger partial charge in [0, 0.05) is 55.0 Å². The Morgan fingerprint density at radius 1 is 0.488 bits per heavy atom. The van der Waals surface area contributed by atoms with Crippen molar-refractivity contribution in [3.8, 4) is 0 Å². The van der Waals surface area contributed by atoms with Crippen LogP contribution in [-0.2, 0) is 33.6 Å². The molecule has 0 aromatic carbocycles. The van der Waals surface area contributed by atoms with Gasteiger partial charge in [-0.2, -0.15) is 0 Å². The van der Waals surface area contributed by atoms with E-state index in [4.69, 9.17) is 101 Å². The van der Waals surface area contributed by atoms with Crippen LogP contribution in [0.4, 0.5) is 0 Å². The number of carboxylic acid groups (broad SMARTS) is 7. The van der Waals surface area contributed by atoms with Crippen LogP contribution >= 0.6 is 0 Å². The minimum absolute atomic E-state index is 0.129. The Kier molecular flexibility index (Phi) is 59.9. The number of hydrazine groups is 1. The number of carboxylic acids is 7. The van der Waals surface area contributed by atoms with Crippen LogP contribution in [0.3, 0.4) is 0 Å². The average Bonchev–Trinajstić information content (AvgIpc) is 2.69. The largest absolute Gasteiger partial charge is 0.481 e. The summed E-state index contributed by atoms with van der Waals surface area (Å²) in [7, 11) is 0. The first-order chi connectivity index (χ1) is 18.2. The van der Waals surface area contributed by atoms with Gasteiger partial charge in [-0.25, -0.2) is 0 Å². The van der Waals surface area contributed by atoms with Crippen LogP contribution in [0, 0.1) is 0 Å². The maximum atomic E-state index is 9.15. The second-order valence-electron chi connectivity index (χ2n) is 6.34. The third kappa shape index (κ3) is 246. The van der Waals surface area contributed by atoms with Crippen LogP contribution in [0.15, 0.2) is 0 Å². The van der Waals surface area contributed by atoms with E-state index in [2.05, 4.69) is 5.43 Å². The summed E-state index contributed by atoms with van der Waals surface area (Å²) in [5.74, 6) is -0.972. The maximum absolute atomic E-state index is 9.15. The van der Waals surface area contributed by atoms with Crippen molar-refractivity contribution >= 4 is 41.8 Å². The first kappa shape index (κ1) is 57.0. The third-order valence-electron chi connectivity index (χ3n) is 1.65. The number of aliphatic carboxylic acids is 7. The molecule has 0 aromatic heterocycles. The number of rotatable bonds is 6. The van der Waals surface area contributed by atoms with Crippen LogP contribution in [0.2, 0.25) is 0 Å². The Balaban J connectivity index is -0.0000000548. The van der Waals surface area contributed by atoms with Crippen molar-refractivity contribution in [3.05, 3.63) is 0 Å². The molecular formula is C20H44N2O19. The van der Waals surface area contributed by atoms with Gasteiger partial charge in [0.2, 0.25) is 0 Å². The number of hydrogen-bond acceptors (Lipinski definition) is 14. The Morgan fingerprint density at radius 2 is 0.634 bits per heavy atom. The van der Waals surface area contributed by atoms with E-state index < -0.39 is 72.8 Å². The molecule has 15 N–H and O–H groups in total. The highest BCUT2D eigenvalue weighted by molar-refractivity contribution is 5.64. The van der Waals surface area contributed by atoms with Gasteiger partial charge in [-0.05, 0) is 0 Å². The molecule has 0 aromatic rings. The molecule has 0 saturated heterocycles. The van der Waals surface area contributed by atoms with Crippen molar-refractivity contribution in [2.45, 2.75) is 72.9 Å². The standard InChI is InChI=1S/C6H16N2O5.7C2H4O2/c7-8-1-3(10)5(12)6(13)4(11)2-9;7*1-2(3)4/h3-6,8-13H,1-2,7H2;7*1H3,(H,3,4)/t3-,4-,5+,6+;;;;;;;/m1......./s1. The highest BCUT2D eigenvalue weighted by atomic mass is 16.4. The smallest absolute Gasteiger partial charge is 0.300 e. The summed E-state index contributed by atoms with van der Waals surface area (Å²) < 4.78 is 0. The van der Waals surface area contributed by atoms with Crippen molar-refractivity contribution in [2.75, 3.05) is 13.2 Å². The molecule has 0 aliphatic rings. The van der Waals surface area contributed by atoms with E-state index in [0.717, 1.165) is 48.5 Å². The molecular weight excluding hydrogens is 572 g/mol. The molecule has 0 rings (SSSR count). The molecule has 21 nitrogen and oxygen atoms in total. The molecule has 21 heteroatoms. The molecule has 41 heavy (non-hydrogen) atoms. The first-order valence-electron chi connectivity index (χ1n) is 10.3. The highest BCUT2D eigenvalue weighted by Gasteiger charge is 2.29. The predicted octanol–water partition coefficient (Wildman–Crippen LogP) is -3.48. The van der Waals surface area contributed by atoms with Crippen molar-refractivity contribution in [1.82, 2.24) is 5.43 Å². The molecule has 0 heterocycles. The van der Waals surface area contributed by atoms with Gasteiger partial charge in [0.1, 0.15) is 18.3 Å². The van der Waals surface area contributed by atoms with Gasteiger partial charge in [-0.15, -0.1) is 0 Å². The van der Waals surface area contributed by atoms with E-state index in [9.17, 15) is 0 Å². The van der Waals surface area contributed by atoms with Crippen molar-refractivity contribution in [2.24, 2.45) is 5.84 Å².